The number of aryl methyl sites for hydroxylation is 1. The number of rotatable bonds is 4. The molecule has 0 aliphatic carbocycles. The fourth-order valence-corrected chi connectivity index (χ4v) is 2.94. The maximum Gasteiger partial charge on any atom is 0.161 e. The number of hydrogen-bond acceptors (Lipinski definition) is 4. The zero-order valence-corrected chi connectivity index (χ0v) is 12.5. The summed E-state index contributed by atoms with van der Waals surface area (Å²) in [4.78, 5) is 2.49. The van der Waals surface area contributed by atoms with E-state index in [-0.39, 0.29) is 11.6 Å². The van der Waals surface area contributed by atoms with Gasteiger partial charge in [-0.15, -0.1) is 0 Å². The first-order chi connectivity index (χ1) is 8.98. The van der Waals surface area contributed by atoms with Crippen molar-refractivity contribution in [2.45, 2.75) is 44.7 Å². The van der Waals surface area contributed by atoms with Gasteiger partial charge in [0.1, 0.15) is 0 Å². The molecular formula is C14H26N4O. The predicted molar refractivity (Wildman–Crippen MR) is 76.2 cm³/mol. The van der Waals surface area contributed by atoms with E-state index in [1.54, 1.807) is 13.3 Å². The van der Waals surface area contributed by atoms with E-state index in [0.29, 0.717) is 0 Å². The molecule has 1 atom stereocenters. The van der Waals surface area contributed by atoms with Gasteiger partial charge in [0.2, 0.25) is 0 Å². The van der Waals surface area contributed by atoms with Crippen molar-refractivity contribution < 1.29 is 4.74 Å². The second-order valence-corrected chi connectivity index (χ2v) is 5.90. The predicted octanol–water partition coefficient (Wildman–Crippen LogP) is 1.69. The van der Waals surface area contributed by atoms with Crippen molar-refractivity contribution >= 4 is 0 Å². The summed E-state index contributed by atoms with van der Waals surface area (Å²) >= 11 is 0. The van der Waals surface area contributed by atoms with Crippen LogP contribution in [0.4, 0.5) is 0 Å². The molecule has 5 heteroatoms. The van der Waals surface area contributed by atoms with Crippen LogP contribution in [0.15, 0.2) is 6.20 Å². The molecule has 1 fully saturated rings. The summed E-state index contributed by atoms with van der Waals surface area (Å²) in [6.45, 7) is 6.69. The molecule has 2 heterocycles. The molecule has 19 heavy (non-hydrogen) atoms. The normalized spacial score (nSPS) is 19.4. The van der Waals surface area contributed by atoms with Gasteiger partial charge in [-0.2, -0.15) is 5.10 Å². The van der Waals surface area contributed by atoms with Crippen molar-refractivity contribution in [1.29, 1.82) is 0 Å². The van der Waals surface area contributed by atoms with Crippen LogP contribution in [-0.4, -0.2) is 40.4 Å². The average molecular weight is 266 g/mol. The molecule has 1 unspecified atom stereocenters. The third kappa shape index (κ3) is 2.62. The molecule has 0 bridgehead atoms. The molecule has 5 nitrogen and oxygen atoms in total. The number of nitrogens with two attached hydrogens (primary N) is 1. The van der Waals surface area contributed by atoms with Gasteiger partial charge in [0.25, 0.3) is 0 Å². The zero-order chi connectivity index (χ0) is 14.0. The lowest BCUT2D eigenvalue weighted by atomic mass is 9.88. The van der Waals surface area contributed by atoms with Crippen LogP contribution in [-0.2, 0) is 7.05 Å². The van der Waals surface area contributed by atoms with Gasteiger partial charge in [0.05, 0.1) is 25.0 Å². The maximum atomic E-state index is 6.54. The summed E-state index contributed by atoms with van der Waals surface area (Å²) in [6, 6.07) is -0.118. The molecule has 1 saturated heterocycles. The minimum atomic E-state index is -0.118. The molecule has 108 valence electrons. The molecular weight excluding hydrogens is 240 g/mol. The molecule has 1 aliphatic heterocycles. The summed E-state index contributed by atoms with van der Waals surface area (Å²) in [5, 5.41) is 4.26. The van der Waals surface area contributed by atoms with Crippen molar-refractivity contribution in [2.75, 3.05) is 20.2 Å². The molecule has 0 spiro atoms. The Bertz CT molecular complexity index is 421. The second kappa shape index (κ2) is 5.51. The van der Waals surface area contributed by atoms with E-state index in [0.717, 1.165) is 24.5 Å². The van der Waals surface area contributed by atoms with E-state index in [1.165, 1.54) is 19.3 Å². The second-order valence-electron chi connectivity index (χ2n) is 5.90. The van der Waals surface area contributed by atoms with E-state index in [2.05, 4.69) is 23.8 Å². The molecule has 1 aromatic rings. The fraction of sp³-hybridized carbons (Fsp3) is 0.786. The lowest BCUT2D eigenvalue weighted by molar-refractivity contribution is 0.0699. The number of hydrogen-bond donors (Lipinski definition) is 1. The van der Waals surface area contributed by atoms with Crippen molar-refractivity contribution in [1.82, 2.24) is 14.7 Å². The molecule has 2 rings (SSSR count). The minimum absolute atomic E-state index is 0.0957. The van der Waals surface area contributed by atoms with Crippen molar-refractivity contribution in [3.8, 4) is 5.75 Å². The van der Waals surface area contributed by atoms with Crippen molar-refractivity contribution in [3.63, 3.8) is 0 Å². The highest BCUT2D eigenvalue weighted by atomic mass is 16.5. The summed E-state index contributed by atoms with van der Waals surface area (Å²) in [5.41, 5.74) is 7.42. The monoisotopic (exact) mass is 266 g/mol. The Balaban J connectivity index is 2.25. The van der Waals surface area contributed by atoms with Gasteiger partial charge in [0, 0.05) is 12.6 Å². The molecule has 0 aromatic carbocycles. The Morgan fingerprint density at radius 1 is 1.32 bits per heavy atom. The van der Waals surface area contributed by atoms with Crippen LogP contribution in [0, 0.1) is 0 Å². The van der Waals surface area contributed by atoms with E-state index in [9.17, 15) is 0 Å². The average Bonchev–Trinajstić information content (AvgIpc) is 2.79. The molecule has 1 aliphatic rings. The first-order valence-electron chi connectivity index (χ1n) is 7.05. The third-order valence-electron chi connectivity index (χ3n) is 4.40. The first-order valence-corrected chi connectivity index (χ1v) is 7.05. The maximum absolute atomic E-state index is 6.54. The highest BCUT2D eigenvalue weighted by Crippen LogP contribution is 2.35. The highest BCUT2D eigenvalue weighted by Gasteiger charge is 2.37. The summed E-state index contributed by atoms with van der Waals surface area (Å²) in [6.07, 6.45) is 5.59. The lowest BCUT2D eigenvalue weighted by Gasteiger charge is -2.44. The number of ether oxygens (including phenoxy) is 1. The van der Waals surface area contributed by atoms with Gasteiger partial charge in [0.15, 0.2) is 5.75 Å². The number of piperidine rings is 1. The van der Waals surface area contributed by atoms with Crippen LogP contribution < -0.4 is 10.5 Å². The van der Waals surface area contributed by atoms with Gasteiger partial charge in [-0.25, -0.2) is 0 Å². The van der Waals surface area contributed by atoms with E-state index in [4.69, 9.17) is 10.5 Å². The Hall–Kier alpha value is -1.07. The van der Waals surface area contributed by atoms with E-state index in [1.807, 2.05) is 11.7 Å². The summed E-state index contributed by atoms with van der Waals surface area (Å²) in [5.74, 6) is 0.778. The van der Waals surface area contributed by atoms with E-state index < -0.39 is 0 Å². The van der Waals surface area contributed by atoms with Gasteiger partial charge >= 0.3 is 0 Å². The smallest absolute Gasteiger partial charge is 0.161 e. The molecule has 2 N–H and O–H groups in total. The van der Waals surface area contributed by atoms with Crippen LogP contribution in [0.1, 0.15) is 44.8 Å². The van der Waals surface area contributed by atoms with Crippen LogP contribution in [0.3, 0.4) is 0 Å². The highest BCUT2D eigenvalue weighted by molar-refractivity contribution is 5.30. The minimum Gasteiger partial charge on any atom is -0.493 e. The summed E-state index contributed by atoms with van der Waals surface area (Å²) < 4.78 is 7.22. The fourth-order valence-electron chi connectivity index (χ4n) is 2.94. The Labute approximate surface area is 115 Å². The van der Waals surface area contributed by atoms with Gasteiger partial charge in [-0.3, -0.25) is 9.58 Å². The number of nitrogens with zero attached hydrogens (tertiary/aromatic N) is 3. The van der Waals surface area contributed by atoms with Gasteiger partial charge < -0.3 is 10.5 Å². The quantitative estimate of drug-likeness (QED) is 0.901. The van der Waals surface area contributed by atoms with Crippen LogP contribution >= 0.6 is 0 Å². The van der Waals surface area contributed by atoms with Crippen LogP contribution in [0.5, 0.6) is 5.75 Å². The van der Waals surface area contributed by atoms with Crippen LogP contribution in [0.25, 0.3) is 0 Å². The van der Waals surface area contributed by atoms with Gasteiger partial charge in [-0.1, -0.05) is 6.42 Å². The topological polar surface area (TPSA) is 56.3 Å². The van der Waals surface area contributed by atoms with Crippen LogP contribution in [0.2, 0.25) is 0 Å². The van der Waals surface area contributed by atoms with Crippen molar-refractivity contribution in [3.05, 3.63) is 11.9 Å². The summed E-state index contributed by atoms with van der Waals surface area (Å²) in [7, 11) is 3.59. The SMILES string of the molecule is COc1cnn(C)c1C(N)C(C)(C)N1CCCCC1. The number of methoxy groups -OCH3 is 1. The number of aromatic nitrogens is 2. The Morgan fingerprint density at radius 2 is 1.95 bits per heavy atom. The van der Waals surface area contributed by atoms with Gasteiger partial charge in [-0.05, 0) is 39.8 Å². The Kier molecular flexibility index (Phi) is 4.16. The van der Waals surface area contributed by atoms with Crippen molar-refractivity contribution in [2.24, 2.45) is 12.8 Å². The standard InChI is InChI=1S/C14H26N4O/c1-14(2,18-8-6-5-7-9-18)13(15)12-11(19-4)10-16-17(12)3/h10,13H,5-9,15H2,1-4H3. The lowest BCUT2D eigenvalue weighted by Crippen LogP contribution is -2.53. The first kappa shape index (κ1) is 14.3. The molecule has 0 amide bonds. The van der Waals surface area contributed by atoms with E-state index >= 15 is 0 Å². The number of likely N-dealkylation sites (tertiary alicyclic amines) is 1. The third-order valence-corrected chi connectivity index (χ3v) is 4.40. The Morgan fingerprint density at radius 3 is 2.53 bits per heavy atom. The largest absolute Gasteiger partial charge is 0.493 e. The zero-order valence-electron chi connectivity index (χ0n) is 12.5. The molecule has 0 saturated carbocycles. The molecule has 0 radical (unpaired) electrons. The molecule has 1 aromatic heterocycles.